The van der Waals surface area contributed by atoms with Gasteiger partial charge in [0.2, 0.25) is 0 Å². The van der Waals surface area contributed by atoms with Crippen molar-refractivity contribution in [3.63, 3.8) is 0 Å². The summed E-state index contributed by atoms with van der Waals surface area (Å²) in [6.07, 6.45) is 0. The van der Waals surface area contributed by atoms with Crippen molar-refractivity contribution in [3.8, 4) is 5.75 Å². The van der Waals surface area contributed by atoms with Crippen molar-refractivity contribution in [1.29, 1.82) is 0 Å². The van der Waals surface area contributed by atoms with E-state index in [1.165, 1.54) is 0 Å². The number of amides is 2. The Kier molecular flexibility index (Phi) is 4.68. The molecule has 6 heteroatoms. The third-order valence-corrected chi connectivity index (χ3v) is 4.96. The van der Waals surface area contributed by atoms with Crippen LogP contribution in [0.2, 0.25) is 5.02 Å². The van der Waals surface area contributed by atoms with Crippen molar-refractivity contribution in [2.24, 2.45) is 0 Å². The summed E-state index contributed by atoms with van der Waals surface area (Å²) in [5, 5.41) is 3.78. The quantitative estimate of drug-likeness (QED) is 0.840. The average molecular weight is 349 g/mol. The second-order valence-corrected chi connectivity index (χ2v) is 7.20. The van der Waals surface area contributed by atoms with Crippen molar-refractivity contribution in [2.45, 2.75) is 17.1 Å². The minimum atomic E-state index is -0.190. The van der Waals surface area contributed by atoms with E-state index in [2.05, 4.69) is 12.2 Å². The Bertz CT molecular complexity index is 738. The third-order valence-electron chi connectivity index (χ3n) is 3.57. The molecule has 0 aliphatic carbocycles. The van der Waals surface area contributed by atoms with Crippen molar-refractivity contribution in [1.82, 2.24) is 0 Å². The van der Waals surface area contributed by atoms with Crippen molar-refractivity contribution >= 4 is 40.8 Å². The lowest BCUT2D eigenvalue weighted by atomic mass is 10.2. The largest absolute Gasteiger partial charge is 0.495 e. The summed E-state index contributed by atoms with van der Waals surface area (Å²) in [6, 6.07) is 12.9. The van der Waals surface area contributed by atoms with Gasteiger partial charge in [0, 0.05) is 21.7 Å². The first kappa shape index (κ1) is 16.0. The summed E-state index contributed by atoms with van der Waals surface area (Å²) in [4.78, 5) is 15.6. The van der Waals surface area contributed by atoms with Crippen LogP contribution in [0.5, 0.6) is 5.75 Å². The van der Waals surface area contributed by atoms with Gasteiger partial charge in [-0.2, -0.15) is 0 Å². The molecule has 0 bridgehead atoms. The van der Waals surface area contributed by atoms with Gasteiger partial charge in [0.15, 0.2) is 0 Å². The molecule has 0 radical (unpaired) electrons. The smallest absolute Gasteiger partial charge is 0.326 e. The van der Waals surface area contributed by atoms with Crippen LogP contribution in [0, 0.1) is 0 Å². The van der Waals surface area contributed by atoms with E-state index in [4.69, 9.17) is 16.3 Å². The molecule has 2 aromatic rings. The maximum absolute atomic E-state index is 12.8. The molecule has 2 amide bonds. The van der Waals surface area contributed by atoms with Gasteiger partial charge >= 0.3 is 6.03 Å². The van der Waals surface area contributed by atoms with E-state index in [-0.39, 0.29) is 6.03 Å². The Balaban J connectivity index is 1.88. The Morgan fingerprint density at radius 3 is 2.91 bits per heavy atom. The molecule has 3 rings (SSSR count). The Labute approximate surface area is 144 Å². The first-order valence-electron chi connectivity index (χ1n) is 7.26. The van der Waals surface area contributed by atoms with Gasteiger partial charge in [0.05, 0.1) is 18.5 Å². The summed E-state index contributed by atoms with van der Waals surface area (Å²) >= 11 is 7.81. The Morgan fingerprint density at radius 2 is 2.13 bits per heavy atom. The van der Waals surface area contributed by atoms with Crippen molar-refractivity contribution in [2.75, 3.05) is 23.9 Å². The van der Waals surface area contributed by atoms with E-state index in [1.807, 2.05) is 24.3 Å². The zero-order valence-corrected chi connectivity index (χ0v) is 14.4. The van der Waals surface area contributed by atoms with Gasteiger partial charge < -0.3 is 10.1 Å². The molecule has 0 saturated carbocycles. The number of nitrogens with zero attached hydrogens (tertiary/aromatic N) is 1. The molecule has 0 aromatic heterocycles. The number of ether oxygens (including phenoxy) is 1. The second kappa shape index (κ2) is 6.72. The molecule has 0 fully saturated rings. The molecule has 1 aliphatic heterocycles. The van der Waals surface area contributed by atoms with E-state index in [0.717, 1.165) is 10.6 Å². The normalized spacial score (nSPS) is 16.7. The number of thioether (sulfide) groups is 1. The van der Waals surface area contributed by atoms with Gasteiger partial charge in [0.1, 0.15) is 5.75 Å². The minimum absolute atomic E-state index is 0.190. The van der Waals surface area contributed by atoms with Crippen molar-refractivity contribution in [3.05, 3.63) is 47.5 Å². The minimum Gasteiger partial charge on any atom is -0.495 e. The van der Waals surface area contributed by atoms with Crippen LogP contribution in [0.15, 0.2) is 47.4 Å². The summed E-state index contributed by atoms with van der Waals surface area (Å²) < 4.78 is 5.28. The SMILES string of the molecule is COc1ccc(Cl)cc1NC(=O)N1CC(C)Sc2ccccc21. The molecule has 0 saturated heterocycles. The highest BCUT2D eigenvalue weighted by molar-refractivity contribution is 8.00. The summed E-state index contributed by atoms with van der Waals surface area (Å²) in [7, 11) is 1.56. The standard InChI is InChI=1S/C17H17ClN2O2S/c1-11-10-20(14-5-3-4-6-16(14)23-11)17(21)19-13-9-12(18)7-8-15(13)22-2/h3-9,11H,10H2,1-2H3,(H,19,21). The predicted molar refractivity (Wildman–Crippen MR) is 96.1 cm³/mol. The van der Waals surface area contributed by atoms with Crippen LogP contribution in [0.1, 0.15) is 6.92 Å². The molecule has 1 atom stereocenters. The van der Waals surface area contributed by atoms with Gasteiger partial charge in [-0.05, 0) is 30.3 Å². The molecule has 4 nitrogen and oxygen atoms in total. The van der Waals surface area contributed by atoms with Gasteiger partial charge in [-0.25, -0.2) is 4.79 Å². The lowest BCUT2D eigenvalue weighted by Crippen LogP contribution is -2.41. The van der Waals surface area contributed by atoms with E-state index in [1.54, 1.807) is 42.0 Å². The number of nitrogens with one attached hydrogen (secondary N) is 1. The highest BCUT2D eigenvalue weighted by Crippen LogP contribution is 2.38. The monoisotopic (exact) mass is 348 g/mol. The van der Waals surface area contributed by atoms with Gasteiger partial charge in [-0.1, -0.05) is 30.7 Å². The van der Waals surface area contributed by atoms with Gasteiger partial charge in [0.25, 0.3) is 0 Å². The topological polar surface area (TPSA) is 41.6 Å². The number of hydrogen-bond acceptors (Lipinski definition) is 3. The van der Waals surface area contributed by atoms with Gasteiger partial charge in [-0.15, -0.1) is 11.8 Å². The number of para-hydroxylation sites is 1. The van der Waals surface area contributed by atoms with Crippen LogP contribution in [0.3, 0.4) is 0 Å². The first-order chi connectivity index (χ1) is 11.1. The van der Waals surface area contributed by atoms with E-state index in [0.29, 0.717) is 28.3 Å². The lowest BCUT2D eigenvalue weighted by molar-refractivity contribution is 0.256. The predicted octanol–water partition coefficient (Wildman–Crippen LogP) is 4.88. The van der Waals surface area contributed by atoms with Crippen LogP contribution < -0.4 is 15.0 Å². The number of halogens is 1. The number of benzene rings is 2. The molecule has 1 unspecified atom stereocenters. The average Bonchev–Trinajstić information content (AvgIpc) is 2.54. The Hall–Kier alpha value is -1.85. The first-order valence-corrected chi connectivity index (χ1v) is 8.52. The number of hydrogen-bond donors (Lipinski definition) is 1. The number of fused-ring (bicyclic) bond motifs is 1. The molecule has 0 spiro atoms. The van der Waals surface area contributed by atoms with Crippen LogP contribution in [0.4, 0.5) is 16.2 Å². The summed E-state index contributed by atoms with van der Waals surface area (Å²) in [6.45, 7) is 2.76. The number of carbonyl (C=O) groups is 1. The number of rotatable bonds is 2. The molecule has 120 valence electrons. The number of anilines is 2. The van der Waals surface area contributed by atoms with Crippen LogP contribution >= 0.6 is 23.4 Å². The molecule has 1 aliphatic rings. The van der Waals surface area contributed by atoms with Gasteiger partial charge in [-0.3, -0.25) is 4.90 Å². The fraction of sp³-hybridized carbons (Fsp3) is 0.235. The molecular weight excluding hydrogens is 332 g/mol. The summed E-state index contributed by atoms with van der Waals surface area (Å²) in [5.74, 6) is 0.579. The summed E-state index contributed by atoms with van der Waals surface area (Å²) in [5.41, 5.74) is 1.49. The molecular formula is C17H17ClN2O2S. The Morgan fingerprint density at radius 1 is 1.35 bits per heavy atom. The zero-order chi connectivity index (χ0) is 16.4. The van der Waals surface area contributed by atoms with E-state index >= 15 is 0 Å². The number of carbonyl (C=O) groups excluding carboxylic acids is 1. The lowest BCUT2D eigenvalue weighted by Gasteiger charge is -2.32. The maximum Gasteiger partial charge on any atom is 0.326 e. The highest BCUT2D eigenvalue weighted by Gasteiger charge is 2.27. The zero-order valence-electron chi connectivity index (χ0n) is 12.9. The fourth-order valence-electron chi connectivity index (χ4n) is 2.54. The van der Waals surface area contributed by atoms with Crippen LogP contribution in [0.25, 0.3) is 0 Å². The van der Waals surface area contributed by atoms with Crippen LogP contribution in [-0.2, 0) is 0 Å². The molecule has 1 N–H and O–H groups in total. The van der Waals surface area contributed by atoms with E-state index < -0.39 is 0 Å². The molecule has 2 aromatic carbocycles. The highest BCUT2D eigenvalue weighted by atomic mass is 35.5. The molecule has 1 heterocycles. The second-order valence-electron chi connectivity index (χ2n) is 5.28. The fourth-order valence-corrected chi connectivity index (χ4v) is 3.83. The maximum atomic E-state index is 12.8. The molecule has 23 heavy (non-hydrogen) atoms. The number of methoxy groups -OCH3 is 1. The van der Waals surface area contributed by atoms with Crippen LogP contribution in [-0.4, -0.2) is 24.9 Å². The number of urea groups is 1. The van der Waals surface area contributed by atoms with E-state index in [9.17, 15) is 4.79 Å². The van der Waals surface area contributed by atoms with Crippen molar-refractivity contribution < 1.29 is 9.53 Å². The third kappa shape index (κ3) is 3.41.